The van der Waals surface area contributed by atoms with Crippen LogP contribution in [0.3, 0.4) is 0 Å². The molecular weight excluding hydrogens is 232 g/mol. The Kier molecular flexibility index (Phi) is 2.63. The van der Waals surface area contributed by atoms with E-state index in [2.05, 4.69) is 10.3 Å². The molecule has 0 saturated carbocycles. The zero-order chi connectivity index (χ0) is 11.0. The Bertz CT molecular complexity index is 496. The molecule has 2 rings (SSSR count). The van der Waals surface area contributed by atoms with E-state index in [-0.39, 0.29) is 5.91 Å². The van der Waals surface area contributed by atoms with Gasteiger partial charge in [-0.1, -0.05) is 22.9 Å². The monoisotopic (exact) mass is 240 g/mol. The van der Waals surface area contributed by atoms with Crippen molar-refractivity contribution in [2.75, 3.05) is 5.32 Å². The molecule has 1 aromatic heterocycles. The van der Waals surface area contributed by atoms with Crippen LogP contribution in [0.25, 0.3) is 10.2 Å². The van der Waals surface area contributed by atoms with E-state index in [0.717, 1.165) is 15.8 Å². The van der Waals surface area contributed by atoms with Crippen molar-refractivity contribution >= 4 is 44.2 Å². The molecule has 5 heteroatoms. The number of benzene rings is 1. The first kappa shape index (κ1) is 10.4. The predicted molar refractivity (Wildman–Crippen MR) is 63.7 cm³/mol. The highest BCUT2D eigenvalue weighted by atomic mass is 35.5. The number of aryl methyl sites for hydroxylation is 1. The number of nitrogens with one attached hydrogen (secondary N) is 1. The van der Waals surface area contributed by atoms with Crippen molar-refractivity contribution in [3.05, 3.63) is 22.7 Å². The third-order valence-electron chi connectivity index (χ3n) is 1.95. The minimum Gasteiger partial charge on any atom is -0.302 e. The van der Waals surface area contributed by atoms with E-state index in [0.29, 0.717) is 10.2 Å². The van der Waals surface area contributed by atoms with Crippen LogP contribution in [0, 0.1) is 6.92 Å². The van der Waals surface area contributed by atoms with E-state index in [9.17, 15) is 4.79 Å². The summed E-state index contributed by atoms with van der Waals surface area (Å²) in [6, 6.07) is 3.79. The standard InChI is InChI=1S/C10H9ClN2OS/c1-5-3-9-8(4-7(5)11)13-10(15-9)12-6(2)14/h3-4H,1-2H3,(H,12,13,14). The van der Waals surface area contributed by atoms with Gasteiger partial charge in [0.2, 0.25) is 5.91 Å². The molecule has 0 aliphatic rings. The Morgan fingerprint density at radius 1 is 1.53 bits per heavy atom. The Morgan fingerprint density at radius 3 is 2.93 bits per heavy atom. The summed E-state index contributed by atoms with van der Waals surface area (Å²) in [6.45, 7) is 3.41. The number of hydrogen-bond acceptors (Lipinski definition) is 3. The van der Waals surface area contributed by atoms with Crippen LogP contribution in [0.1, 0.15) is 12.5 Å². The lowest BCUT2D eigenvalue weighted by atomic mass is 10.2. The maximum Gasteiger partial charge on any atom is 0.223 e. The maximum absolute atomic E-state index is 10.9. The predicted octanol–water partition coefficient (Wildman–Crippen LogP) is 3.22. The van der Waals surface area contributed by atoms with Crippen molar-refractivity contribution in [1.82, 2.24) is 4.98 Å². The molecule has 1 aromatic carbocycles. The summed E-state index contributed by atoms with van der Waals surface area (Å²) in [7, 11) is 0. The van der Waals surface area contributed by atoms with E-state index >= 15 is 0 Å². The number of halogens is 1. The van der Waals surface area contributed by atoms with Crippen LogP contribution in [0.2, 0.25) is 5.02 Å². The first-order chi connectivity index (χ1) is 7.06. The highest BCUT2D eigenvalue weighted by Gasteiger charge is 2.06. The van der Waals surface area contributed by atoms with Crippen LogP contribution in [0.15, 0.2) is 12.1 Å². The summed E-state index contributed by atoms with van der Waals surface area (Å²) in [5.41, 5.74) is 1.83. The first-order valence-corrected chi connectivity index (χ1v) is 5.60. The number of aromatic nitrogens is 1. The third-order valence-corrected chi connectivity index (χ3v) is 3.29. The van der Waals surface area contributed by atoms with Gasteiger partial charge < -0.3 is 5.32 Å². The number of amides is 1. The molecule has 0 atom stereocenters. The molecule has 1 amide bonds. The van der Waals surface area contributed by atoms with Gasteiger partial charge in [-0.2, -0.15) is 0 Å². The van der Waals surface area contributed by atoms with Crippen LogP contribution in [0.4, 0.5) is 5.13 Å². The zero-order valence-corrected chi connectivity index (χ0v) is 9.87. The van der Waals surface area contributed by atoms with E-state index < -0.39 is 0 Å². The number of carbonyl (C=O) groups is 1. The number of hydrogen-bond donors (Lipinski definition) is 1. The molecule has 78 valence electrons. The van der Waals surface area contributed by atoms with Crippen molar-refractivity contribution in [3.8, 4) is 0 Å². The number of carbonyl (C=O) groups excluding carboxylic acids is 1. The fourth-order valence-corrected chi connectivity index (χ4v) is 2.40. The molecule has 1 heterocycles. The topological polar surface area (TPSA) is 42.0 Å². The lowest BCUT2D eigenvalue weighted by molar-refractivity contribution is -0.114. The molecule has 15 heavy (non-hydrogen) atoms. The molecule has 0 bridgehead atoms. The molecule has 0 fully saturated rings. The highest BCUT2D eigenvalue weighted by molar-refractivity contribution is 7.22. The molecular formula is C10H9ClN2OS. The van der Waals surface area contributed by atoms with Crippen molar-refractivity contribution < 1.29 is 4.79 Å². The second kappa shape index (κ2) is 3.79. The number of thiazole rings is 1. The number of nitrogens with zero attached hydrogens (tertiary/aromatic N) is 1. The summed E-state index contributed by atoms with van der Waals surface area (Å²) in [4.78, 5) is 15.1. The summed E-state index contributed by atoms with van der Waals surface area (Å²) in [6.07, 6.45) is 0. The smallest absolute Gasteiger partial charge is 0.223 e. The average molecular weight is 241 g/mol. The van der Waals surface area contributed by atoms with Crippen LogP contribution in [-0.4, -0.2) is 10.9 Å². The second-order valence-corrected chi connectivity index (χ2v) is 4.71. The van der Waals surface area contributed by atoms with Crippen LogP contribution in [-0.2, 0) is 4.79 Å². The summed E-state index contributed by atoms with van der Waals surface area (Å²) >= 11 is 7.43. The van der Waals surface area contributed by atoms with Gasteiger partial charge in [0, 0.05) is 11.9 Å². The Balaban J connectivity index is 2.51. The molecule has 0 radical (unpaired) electrons. The van der Waals surface area contributed by atoms with Crippen LogP contribution in [0.5, 0.6) is 0 Å². The van der Waals surface area contributed by atoms with E-state index in [4.69, 9.17) is 11.6 Å². The van der Waals surface area contributed by atoms with E-state index in [1.54, 1.807) is 0 Å². The normalized spacial score (nSPS) is 10.6. The van der Waals surface area contributed by atoms with Gasteiger partial charge in [0.15, 0.2) is 5.13 Å². The highest BCUT2D eigenvalue weighted by Crippen LogP contribution is 2.30. The van der Waals surface area contributed by atoms with Crippen LogP contribution < -0.4 is 5.32 Å². The Morgan fingerprint density at radius 2 is 2.27 bits per heavy atom. The lowest BCUT2D eigenvalue weighted by Crippen LogP contribution is -2.04. The summed E-state index contributed by atoms with van der Waals surface area (Å²) in [5.74, 6) is -0.114. The van der Waals surface area contributed by atoms with Crippen molar-refractivity contribution in [2.45, 2.75) is 13.8 Å². The number of anilines is 1. The number of fused-ring (bicyclic) bond motifs is 1. The van der Waals surface area contributed by atoms with Crippen LogP contribution >= 0.6 is 22.9 Å². The molecule has 0 unspecified atom stereocenters. The minimum absolute atomic E-state index is 0.114. The quantitative estimate of drug-likeness (QED) is 0.832. The van der Waals surface area contributed by atoms with Gasteiger partial charge >= 0.3 is 0 Å². The van der Waals surface area contributed by atoms with Gasteiger partial charge in [-0.25, -0.2) is 4.98 Å². The Hall–Kier alpha value is -1.13. The van der Waals surface area contributed by atoms with Crippen molar-refractivity contribution in [2.24, 2.45) is 0 Å². The third kappa shape index (κ3) is 2.11. The summed E-state index contributed by atoms with van der Waals surface area (Å²) in [5, 5.41) is 3.97. The average Bonchev–Trinajstić information content (AvgIpc) is 2.46. The molecule has 2 aromatic rings. The SMILES string of the molecule is CC(=O)Nc1nc2cc(Cl)c(C)cc2s1. The number of rotatable bonds is 1. The molecule has 0 aliphatic heterocycles. The first-order valence-electron chi connectivity index (χ1n) is 4.40. The van der Waals surface area contributed by atoms with E-state index in [1.165, 1.54) is 18.3 Å². The lowest BCUT2D eigenvalue weighted by Gasteiger charge is -1.94. The van der Waals surface area contributed by atoms with Crippen molar-refractivity contribution in [3.63, 3.8) is 0 Å². The molecule has 3 nitrogen and oxygen atoms in total. The fourth-order valence-electron chi connectivity index (χ4n) is 1.25. The summed E-state index contributed by atoms with van der Waals surface area (Å²) < 4.78 is 1.03. The zero-order valence-electron chi connectivity index (χ0n) is 8.30. The Labute approximate surface area is 96.1 Å². The van der Waals surface area contributed by atoms with Gasteiger partial charge in [-0.3, -0.25) is 4.79 Å². The molecule has 1 N–H and O–H groups in total. The minimum atomic E-state index is -0.114. The molecule has 0 aliphatic carbocycles. The maximum atomic E-state index is 10.9. The van der Waals surface area contributed by atoms with Gasteiger partial charge in [-0.05, 0) is 24.6 Å². The van der Waals surface area contributed by atoms with Gasteiger partial charge in [0.1, 0.15) is 0 Å². The largest absolute Gasteiger partial charge is 0.302 e. The van der Waals surface area contributed by atoms with Crippen molar-refractivity contribution in [1.29, 1.82) is 0 Å². The molecule has 0 spiro atoms. The van der Waals surface area contributed by atoms with E-state index in [1.807, 2.05) is 19.1 Å². The molecule has 0 saturated heterocycles. The second-order valence-electron chi connectivity index (χ2n) is 3.27. The van der Waals surface area contributed by atoms with Gasteiger partial charge in [0.25, 0.3) is 0 Å². The van der Waals surface area contributed by atoms with Gasteiger partial charge in [-0.15, -0.1) is 0 Å². The van der Waals surface area contributed by atoms with Gasteiger partial charge in [0.05, 0.1) is 10.2 Å². The fraction of sp³-hybridized carbons (Fsp3) is 0.200.